The Balaban J connectivity index is 2.00. The lowest BCUT2D eigenvalue weighted by Crippen LogP contribution is -2.28. The molecular weight excluding hydrogens is 228 g/mol. The Bertz CT molecular complexity index is 450. The van der Waals surface area contributed by atoms with Crippen LogP contribution in [0, 0.1) is 6.92 Å². The van der Waals surface area contributed by atoms with E-state index in [9.17, 15) is 0 Å². The Hall–Kier alpha value is -1.16. The number of thiophene rings is 1. The summed E-state index contributed by atoms with van der Waals surface area (Å²) in [6.07, 6.45) is 2.07. The van der Waals surface area contributed by atoms with Crippen molar-refractivity contribution in [1.29, 1.82) is 0 Å². The number of hydrogen-bond donors (Lipinski definition) is 2. The van der Waals surface area contributed by atoms with Gasteiger partial charge in [-0.1, -0.05) is 30.3 Å². The maximum absolute atomic E-state index is 5.65. The normalized spacial score (nSPS) is 12.6. The Morgan fingerprint density at radius 1 is 1.24 bits per heavy atom. The van der Waals surface area contributed by atoms with Crippen molar-refractivity contribution >= 4 is 11.3 Å². The molecule has 0 saturated heterocycles. The molecule has 0 spiro atoms. The van der Waals surface area contributed by atoms with E-state index in [4.69, 9.17) is 5.84 Å². The van der Waals surface area contributed by atoms with Crippen molar-refractivity contribution in [2.75, 3.05) is 0 Å². The molecule has 1 aromatic heterocycles. The summed E-state index contributed by atoms with van der Waals surface area (Å²) in [4.78, 5) is 0. The van der Waals surface area contributed by atoms with E-state index in [2.05, 4.69) is 47.4 Å². The van der Waals surface area contributed by atoms with Crippen molar-refractivity contribution in [2.45, 2.75) is 25.8 Å². The first kappa shape index (κ1) is 12.3. The molecule has 0 fully saturated rings. The van der Waals surface area contributed by atoms with Gasteiger partial charge in [-0.25, -0.2) is 0 Å². The fraction of sp³-hybridized carbons (Fsp3) is 0.286. The third kappa shape index (κ3) is 3.16. The van der Waals surface area contributed by atoms with Gasteiger partial charge in [0.1, 0.15) is 0 Å². The van der Waals surface area contributed by atoms with Crippen LogP contribution in [0.3, 0.4) is 0 Å². The molecule has 0 amide bonds. The number of aryl methyl sites for hydroxylation is 2. The molecule has 2 aromatic rings. The zero-order valence-corrected chi connectivity index (χ0v) is 10.8. The molecule has 0 aliphatic rings. The highest BCUT2D eigenvalue weighted by Crippen LogP contribution is 2.24. The van der Waals surface area contributed by atoms with E-state index >= 15 is 0 Å². The second kappa shape index (κ2) is 5.96. The molecule has 3 N–H and O–H groups in total. The minimum absolute atomic E-state index is 0.251. The monoisotopic (exact) mass is 246 g/mol. The Morgan fingerprint density at radius 3 is 2.59 bits per heavy atom. The molecular formula is C14H18N2S. The molecule has 0 bridgehead atoms. The van der Waals surface area contributed by atoms with E-state index in [-0.39, 0.29) is 6.04 Å². The third-order valence-corrected chi connectivity index (χ3v) is 3.92. The first-order valence-corrected chi connectivity index (χ1v) is 6.78. The summed E-state index contributed by atoms with van der Waals surface area (Å²) >= 11 is 1.74. The van der Waals surface area contributed by atoms with E-state index in [1.54, 1.807) is 11.3 Å². The first-order chi connectivity index (χ1) is 8.31. The fourth-order valence-electron chi connectivity index (χ4n) is 2.01. The quantitative estimate of drug-likeness (QED) is 0.628. The van der Waals surface area contributed by atoms with Gasteiger partial charge in [-0.2, -0.15) is 11.3 Å². The molecule has 90 valence electrons. The first-order valence-electron chi connectivity index (χ1n) is 5.84. The lowest BCUT2D eigenvalue weighted by Gasteiger charge is -2.16. The van der Waals surface area contributed by atoms with Gasteiger partial charge in [-0.15, -0.1) is 0 Å². The number of nitrogens with two attached hydrogens (primary N) is 1. The smallest absolute Gasteiger partial charge is 0.0474 e. The maximum atomic E-state index is 5.65. The van der Waals surface area contributed by atoms with Crippen LogP contribution in [0.5, 0.6) is 0 Å². The van der Waals surface area contributed by atoms with Gasteiger partial charge >= 0.3 is 0 Å². The van der Waals surface area contributed by atoms with Gasteiger partial charge in [0.2, 0.25) is 0 Å². The minimum Gasteiger partial charge on any atom is -0.271 e. The molecule has 0 radical (unpaired) electrons. The number of hydrazine groups is 1. The number of benzene rings is 1. The largest absolute Gasteiger partial charge is 0.271 e. The minimum atomic E-state index is 0.251. The molecule has 2 rings (SSSR count). The SMILES string of the molecule is Cc1cscc1C(CCc1ccccc1)NN. The molecule has 1 aromatic carbocycles. The van der Waals surface area contributed by atoms with E-state index < -0.39 is 0 Å². The van der Waals surface area contributed by atoms with Gasteiger partial charge in [0.15, 0.2) is 0 Å². The van der Waals surface area contributed by atoms with Crippen LogP contribution in [0.2, 0.25) is 0 Å². The van der Waals surface area contributed by atoms with Gasteiger partial charge < -0.3 is 0 Å². The maximum Gasteiger partial charge on any atom is 0.0474 e. The highest BCUT2D eigenvalue weighted by molar-refractivity contribution is 7.08. The summed E-state index contributed by atoms with van der Waals surface area (Å²) in [7, 11) is 0. The number of rotatable bonds is 5. The van der Waals surface area contributed by atoms with Gasteiger partial charge in [-0.05, 0) is 47.2 Å². The fourth-order valence-corrected chi connectivity index (χ4v) is 2.92. The topological polar surface area (TPSA) is 38.0 Å². The Morgan fingerprint density at radius 2 is 2.00 bits per heavy atom. The lowest BCUT2D eigenvalue weighted by atomic mass is 9.99. The van der Waals surface area contributed by atoms with Crippen molar-refractivity contribution in [1.82, 2.24) is 5.43 Å². The van der Waals surface area contributed by atoms with Gasteiger partial charge in [0.25, 0.3) is 0 Å². The van der Waals surface area contributed by atoms with Crippen LogP contribution in [0.1, 0.15) is 29.2 Å². The number of nitrogens with one attached hydrogen (secondary N) is 1. The summed E-state index contributed by atoms with van der Waals surface area (Å²) < 4.78 is 0. The molecule has 1 unspecified atom stereocenters. The summed E-state index contributed by atoms with van der Waals surface area (Å²) in [5, 5.41) is 4.35. The van der Waals surface area contributed by atoms with Crippen LogP contribution in [-0.4, -0.2) is 0 Å². The standard InChI is InChI=1S/C14H18N2S/c1-11-9-17-10-13(11)14(16-15)8-7-12-5-3-2-4-6-12/h2-6,9-10,14,16H,7-8,15H2,1H3. The average molecular weight is 246 g/mol. The van der Waals surface area contributed by atoms with E-state index in [1.165, 1.54) is 16.7 Å². The summed E-state index contributed by atoms with van der Waals surface area (Å²) in [5.41, 5.74) is 6.94. The highest BCUT2D eigenvalue weighted by Gasteiger charge is 2.12. The molecule has 3 heteroatoms. The van der Waals surface area contributed by atoms with Gasteiger partial charge in [0.05, 0.1) is 0 Å². The zero-order valence-electron chi connectivity index (χ0n) is 10.0. The Kier molecular flexibility index (Phi) is 4.31. The molecule has 0 saturated carbocycles. The van der Waals surface area contributed by atoms with E-state index in [0.717, 1.165) is 12.8 Å². The van der Waals surface area contributed by atoms with Crippen LogP contribution >= 0.6 is 11.3 Å². The summed E-state index contributed by atoms with van der Waals surface area (Å²) in [6.45, 7) is 2.14. The molecule has 1 atom stereocenters. The molecule has 1 heterocycles. The predicted molar refractivity (Wildman–Crippen MR) is 73.9 cm³/mol. The zero-order chi connectivity index (χ0) is 12.1. The Labute approximate surface area is 106 Å². The van der Waals surface area contributed by atoms with Crippen molar-refractivity contribution in [3.63, 3.8) is 0 Å². The van der Waals surface area contributed by atoms with Crippen molar-refractivity contribution in [3.05, 3.63) is 57.8 Å². The number of hydrogen-bond acceptors (Lipinski definition) is 3. The van der Waals surface area contributed by atoms with Crippen molar-refractivity contribution in [3.8, 4) is 0 Å². The van der Waals surface area contributed by atoms with E-state index in [0.29, 0.717) is 0 Å². The third-order valence-electron chi connectivity index (χ3n) is 3.04. The van der Waals surface area contributed by atoms with Gasteiger partial charge in [-0.3, -0.25) is 11.3 Å². The summed E-state index contributed by atoms with van der Waals surface area (Å²) in [5.74, 6) is 5.65. The molecule has 17 heavy (non-hydrogen) atoms. The average Bonchev–Trinajstić information content (AvgIpc) is 2.78. The second-order valence-corrected chi connectivity index (χ2v) is 5.00. The van der Waals surface area contributed by atoms with Crippen LogP contribution in [-0.2, 0) is 6.42 Å². The van der Waals surface area contributed by atoms with Crippen LogP contribution in [0.15, 0.2) is 41.1 Å². The van der Waals surface area contributed by atoms with Crippen LogP contribution in [0.25, 0.3) is 0 Å². The molecule has 2 nitrogen and oxygen atoms in total. The van der Waals surface area contributed by atoms with Crippen molar-refractivity contribution in [2.24, 2.45) is 5.84 Å². The van der Waals surface area contributed by atoms with Crippen molar-refractivity contribution < 1.29 is 0 Å². The molecule has 0 aliphatic carbocycles. The second-order valence-electron chi connectivity index (χ2n) is 4.25. The lowest BCUT2D eigenvalue weighted by molar-refractivity contribution is 0.516. The van der Waals surface area contributed by atoms with Crippen LogP contribution < -0.4 is 11.3 Å². The summed E-state index contributed by atoms with van der Waals surface area (Å²) in [6, 6.07) is 10.8. The van der Waals surface area contributed by atoms with Gasteiger partial charge in [0, 0.05) is 6.04 Å². The highest BCUT2D eigenvalue weighted by atomic mass is 32.1. The van der Waals surface area contributed by atoms with E-state index in [1.807, 2.05) is 6.07 Å². The predicted octanol–water partition coefficient (Wildman–Crippen LogP) is 3.19. The molecule has 0 aliphatic heterocycles. The van der Waals surface area contributed by atoms with Crippen LogP contribution in [0.4, 0.5) is 0 Å².